The van der Waals surface area contributed by atoms with E-state index in [1.165, 1.54) is 18.5 Å². The van der Waals surface area contributed by atoms with E-state index >= 15 is 0 Å². The average Bonchev–Trinajstić information content (AvgIpc) is 2.77. The van der Waals surface area contributed by atoms with Gasteiger partial charge in [-0.1, -0.05) is 11.6 Å². The van der Waals surface area contributed by atoms with E-state index in [-0.39, 0.29) is 16.9 Å². The third kappa shape index (κ3) is 4.58. The molecule has 0 bridgehead atoms. The zero-order chi connectivity index (χ0) is 20.9. The Morgan fingerprint density at radius 2 is 1.77 bits per heavy atom. The van der Waals surface area contributed by atoms with Gasteiger partial charge in [-0.3, -0.25) is 4.79 Å². The van der Waals surface area contributed by atoms with Crippen molar-refractivity contribution in [1.82, 2.24) is 25.3 Å². The van der Waals surface area contributed by atoms with Gasteiger partial charge in [0.05, 0.1) is 11.0 Å². The Hall–Kier alpha value is -3.45. The van der Waals surface area contributed by atoms with Gasteiger partial charge in [-0.25, -0.2) is 24.3 Å². The topological polar surface area (TPSA) is 80.7 Å². The molecule has 2 heterocycles. The molecule has 0 fully saturated rings. The molecule has 150 valence electrons. The molecule has 0 aliphatic carbocycles. The second-order valence-corrected chi connectivity index (χ2v) is 7.04. The number of nitrogens with one attached hydrogen (secondary N) is 1. The molecule has 2 aromatic carbocycles. The van der Waals surface area contributed by atoms with Crippen LogP contribution in [0, 0.1) is 5.82 Å². The van der Waals surface area contributed by atoms with Gasteiger partial charge in [-0.15, -0.1) is 0 Å². The number of hydrogen-bond donors (Lipinski definition) is 1. The summed E-state index contributed by atoms with van der Waals surface area (Å²) < 4.78 is 13.2. The Morgan fingerprint density at radius 1 is 1.00 bits per heavy atom. The molecule has 30 heavy (non-hydrogen) atoms. The first kappa shape index (κ1) is 19.8. The van der Waals surface area contributed by atoms with Gasteiger partial charge in [0.25, 0.3) is 5.91 Å². The van der Waals surface area contributed by atoms with Crippen LogP contribution in [-0.2, 0) is 6.42 Å². The van der Waals surface area contributed by atoms with Crippen molar-refractivity contribution in [2.24, 2.45) is 0 Å². The Balaban J connectivity index is 1.48. The van der Waals surface area contributed by atoms with Gasteiger partial charge in [0.1, 0.15) is 17.8 Å². The van der Waals surface area contributed by atoms with E-state index in [9.17, 15) is 9.18 Å². The largest absolute Gasteiger partial charge is 0.352 e. The molecule has 2 aromatic heterocycles. The van der Waals surface area contributed by atoms with Crippen LogP contribution in [0.4, 0.5) is 4.39 Å². The highest BCUT2D eigenvalue weighted by Crippen LogP contribution is 2.27. The smallest absolute Gasteiger partial charge is 0.251 e. The maximum Gasteiger partial charge on any atom is 0.251 e. The number of carbonyl (C=O) groups is 1. The van der Waals surface area contributed by atoms with Gasteiger partial charge < -0.3 is 5.32 Å². The molecule has 0 saturated carbocycles. The first-order chi connectivity index (χ1) is 14.6. The number of halogens is 2. The normalized spacial score (nSPS) is 10.9. The molecule has 0 unspecified atom stereocenters. The highest BCUT2D eigenvalue weighted by molar-refractivity contribution is 6.32. The summed E-state index contributed by atoms with van der Waals surface area (Å²) in [7, 11) is 0. The van der Waals surface area contributed by atoms with Crippen LogP contribution >= 0.6 is 11.6 Å². The standard InChI is InChI=1S/C22H17ClFN5O/c23-21-20(15-3-6-17(24)7-4-15)28-19-10-16(5-8-18(19)29-21)22(30)27-9-1-2-14-11-25-13-26-12-14/h3-8,10-13H,1-2,9H2,(H,27,30). The number of carbonyl (C=O) groups excluding carboxylic acids is 1. The minimum Gasteiger partial charge on any atom is -0.352 e. The van der Waals surface area contributed by atoms with Crippen molar-refractivity contribution in [3.8, 4) is 11.3 Å². The fourth-order valence-corrected chi connectivity index (χ4v) is 3.26. The van der Waals surface area contributed by atoms with Crippen molar-refractivity contribution in [2.75, 3.05) is 6.54 Å². The molecule has 0 spiro atoms. The number of benzene rings is 2. The van der Waals surface area contributed by atoms with Crippen molar-refractivity contribution in [2.45, 2.75) is 12.8 Å². The second kappa shape index (κ2) is 8.92. The Bertz CT molecular complexity index is 1190. The van der Waals surface area contributed by atoms with Crippen LogP contribution in [0.25, 0.3) is 22.3 Å². The summed E-state index contributed by atoms with van der Waals surface area (Å²) in [5.41, 5.74) is 3.70. The van der Waals surface area contributed by atoms with Crippen molar-refractivity contribution in [3.05, 3.63) is 83.3 Å². The lowest BCUT2D eigenvalue weighted by molar-refractivity contribution is 0.0953. The maximum atomic E-state index is 13.2. The SMILES string of the molecule is O=C(NCCCc1cncnc1)c1ccc2nc(Cl)c(-c3ccc(F)cc3)nc2c1. The van der Waals surface area contributed by atoms with Gasteiger partial charge in [0.15, 0.2) is 5.15 Å². The summed E-state index contributed by atoms with van der Waals surface area (Å²) in [6.45, 7) is 0.527. The van der Waals surface area contributed by atoms with Gasteiger partial charge >= 0.3 is 0 Å². The zero-order valence-electron chi connectivity index (χ0n) is 15.8. The average molecular weight is 422 g/mol. The summed E-state index contributed by atoms with van der Waals surface area (Å²) in [4.78, 5) is 29.4. The number of fused-ring (bicyclic) bond motifs is 1. The van der Waals surface area contributed by atoms with Gasteiger partial charge in [-0.05, 0) is 60.9 Å². The molecule has 0 aliphatic heterocycles. The number of rotatable bonds is 6. The molecule has 4 rings (SSSR count). The molecule has 8 heteroatoms. The van der Waals surface area contributed by atoms with Crippen LogP contribution in [0.15, 0.2) is 61.2 Å². The predicted molar refractivity (Wildman–Crippen MR) is 113 cm³/mol. The number of aryl methyl sites for hydroxylation is 1. The summed E-state index contributed by atoms with van der Waals surface area (Å²) >= 11 is 6.26. The van der Waals surface area contributed by atoms with Crippen LogP contribution in [0.1, 0.15) is 22.3 Å². The van der Waals surface area contributed by atoms with Gasteiger partial charge in [-0.2, -0.15) is 0 Å². The van der Waals surface area contributed by atoms with Crippen molar-refractivity contribution >= 4 is 28.5 Å². The van der Waals surface area contributed by atoms with Gasteiger partial charge in [0.2, 0.25) is 0 Å². The highest BCUT2D eigenvalue weighted by atomic mass is 35.5. The minimum atomic E-state index is -0.345. The molecule has 0 saturated heterocycles. The molecule has 1 amide bonds. The lowest BCUT2D eigenvalue weighted by Gasteiger charge is -2.08. The molecule has 0 aliphatic rings. The summed E-state index contributed by atoms with van der Waals surface area (Å²) in [6, 6.07) is 10.9. The molecular weight excluding hydrogens is 405 g/mol. The van der Waals surface area contributed by atoms with E-state index in [0.717, 1.165) is 18.4 Å². The monoisotopic (exact) mass is 421 g/mol. The predicted octanol–water partition coefficient (Wildman–Crippen LogP) is 4.24. The lowest BCUT2D eigenvalue weighted by Crippen LogP contribution is -2.24. The Labute approximate surface area is 177 Å². The minimum absolute atomic E-state index is 0.193. The van der Waals surface area contributed by atoms with Crippen LogP contribution in [0.2, 0.25) is 5.15 Å². The fraction of sp³-hybridized carbons (Fsp3) is 0.136. The molecule has 1 N–H and O–H groups in total. The first-order valence-electron chi connectivity index (χ1n) is 9.35. The first-order valence-corrected chi connectivity index (χ1v) is 9.73. The molecule has 0 radical (unpaired) electrons. The van der Waals surface area contributed by atoms with E-state index in [0.29, 0.717) is 34.4 Å². The maximum absolute atomic E-state index is 13.2. The van der Waals surface area contributed by atoms with E-state index in [4.69, 9.17) is 11.6 Å². The van der Waals surface area contributed by atoms with E-state index in [1.54, 1.807) is 42.7 Å². The molecule has 4 aromatic rings. The highest BCUT2D eigenvalue weighted by Gasteiger charge is 2.12. The van der Waals surface area contributed by atoms with Crippen molar-refractivity contribution in [3.63, 3.8) is 0 Å². The third-order valence-electron chi connectivity index (χ3n) is 4.54. The number of nitrogens with zero attached hydrogens (tertiary/aromatic N) is 4. The van der Waals surface area contributed by atoms with E-state index in [2.05, 4.69) is 25.3 Å². The summed E-state index contributed by atoms with van der Waals surface area (Å²) in [5, 5.41) is 3.12. The van der Waals surface area contributed by atoms with Crippen LogP contribution in [0.3, 0.4) is 0 Å². The number of aromatic nitrogens is 4. The summed E-state index contributed by atoms with van der Waals surface area (Å²) in [6.07, 6.45) is 6.57. The third-order valence-corrected chi connectivity index (χ3v) is 4.81. The molecule has 0 atom stereocenters. The second-order valence-electron chi connectivity index (χ2n) is 6.68. The number of hydrogen-bond acceptors (Lipinski definition) is 5. The lowest BCUT2D eigenvalue weighted by atomic mass is 10.1. The van der Waals surface area contributed by atoms with Crippen LogP contribution in [-0.4, -0.2) is 32.4 Å². The quantitative estimate of drug-likeness (QED) is 0.471. The van der Waals surface area contributed by atoms with Crippen LogP contribution < -0.4 is 5.32 Å². The van der Waals surface area contributed by atoms with Crippen molar-refractivity contribution < 1.29 is 9.18 Å². The molecular formula is C22H17ClFN5O. The van der Waals surface area contributed by atoms with Crippen molar-refractivity contribution in [1.29, 1.82) is 0 Å². The molecule has 6 nitrogen and oxygen atoms in total. The van der Waals surface area contributed by atoms with E-state index < -0.39 is 0 Å². The Morgan fingerprint density at radius 3 is 2.53 bits per heavy atom. The van der Waals surface area contributed by atoms with Gasteiger partial charge in [0, 0.05) is 30.1 Å². The fourth-order valence-electron chi connectivity index (χ4n) is 3.02. The summed E-state index contributed by atoms with van der Waals surface area (Å²) in [5.74, 6) is -0.538. The number of amides is 1. The van der Waals surface area contributed by atoms with E-state index in [1.807, 2.05) is 0 Å². The zero-order valence-corrected chi connectivity index (χ0v) is 16.6. The van der Waals surface area contributed by atoms with Crippen LogP contribution in [0.5, 0.6) is 0 Å². The Kier molecular flexibility index (Phi) is 5.90.